The van der Waals surface area contributed by atoms with Gasteiger partial charge in [0, 0.05) is 23.5 Å². The molecule has 1 saturated heterocycles. The van der Waals surface area contributed by atoms with E-state index in [1.54, 1.807) is 19.1 Å². The number of amides is 3. The molecule has 2 aromatic rings. The van der Waals surface area contributed by atoms with Gasteiger partial charge in [-0.1, -0.05) is 30.3 Å². The number of hydrogen-bond acceptors (Lipinski definition) is 3. The van der Waals surface area contributed by atoms with Gasteiger partial charge in [0.15, 0.2) is 5.78 Å². The van der Waals surface area contributed by atoms with Crippen molar-refractivity contribution >= 4 is 17.7 Å². The summed E-state index contributed by atoms with van der Waals surface area (Å²) in [7, 11) is 0. The van der Waals surface area contributed by atoms with Crippen LogP contribution in [-0.2, 0) is 16.9 Å². The first-order valence-electron chi connectivity index (χ1n) is 9.21. The van der Waals surface area contributed by atoms with Crippen LogP contribution in [0, 0.1) is 20.8 Å². The van der Waals surface area contributed by atoms with Crippen molar-refractivity contribution < 1.29 is 14.4 Å². The number of carbonyl (C=O) groups is 3. The summed E-state index contributed by atoms with van der Waals surface area (Å²) in [6.07, 6.45) is 1.76. The average Bonchev–Trinajstić information content (AvgIpc) is 3.05. The maximum Gasteiger partial charge on any atom is 0.325 e. The summed E-state index contributed by atoms with van der Waals surface area (Å²) < 4.78 is 1.98. The highest BCUT2D eigenvalue weighted by molar-refractivity contribution is 6.11. The van der Waals surface area contributed by atoms with Gasteiger partial charge in [-0.25, -0.2) is 4.79 Å². The van der Waals surface area contributed by atoms with Crippen molar-refractivity contribution in [2.24, 2.45) is 0 Å². The Morgan fingerprint density at radius 3 is 2.54 bits per heavy atom. The molecule has 1 atom stereocenters. The van der Waals surface area contributed by atoms with Crippen molar-refractivity contribution in [3.05, 3.63) is 71.1 Å². The third kappa shape index (κ3) is 3.05. The van der Waals surface area contributed by atoms with E-state index in [0.29, 0.717) is 12.1 Å². The third-order valence-electron chi connectivity index (χ3n) is 5.45. The van der Waals surface area contributed by atoms with Crippen molar-refractivity contribution in [2.75, 3.05) is 6.54 Å². The fourth-order valence-corrected chi connectivity index (χ4v) is 3.88. The van der Waals surface area contributed by atoms with E-state index >= 15 is 0 Å². The van der Waals surface area contributed by atoms with Crippen LogP contribution in [0.15, 0.2) is 43.0 Å². The van der Waals surface area contributed by atoms with E-state index in [4.69, 9.17) is 0 Å². The molecule has 2 heterocycles. The van der Waals surface area contributed by atoms with Gasteiger partial charge in [0.2, 0.25) is 0 Å². The molecule has 146 valence electrons. The maximum atomic E-state index is 13.1. The van der Waals surface area contributed by atoms with Gasteiger partial charge < -0.3 is 9.88 Å². The largest absolute Gasteiger partial charge is 0.345 e. The van der Waals surface area contributed by atoms with Gasteiger partial charge in [-0.3, -0.25) is 14.5 Å². The number of imide groups is 1. The molecule has 6 heteroatoms. The Morgan fingerprint density at radius 1 is 1.21 bits per heavy atom. The predicted molar refractivity (Wildman–Crippen MR) is 107 cm³/mol. The Kier molecular flexibility index (Phi) is 4.98. The molecule has 0 radical (unpaired) electrons. The Morgan fingerprint density at radius 2 is 1.89 bits per heavy atom. The minimum absolute atomic E-state index is 0.263. The van der Waals surface area contributed by atoms with Crippen LogP contribution in [0.1, 0.15) is 39.8 Å². The van der Waals surface area contributed by atoms with Crippen molar-refractivity contribution in [1.82, 2.24) is 14.8 Å². The minimum Gasteiger partial charge on any atom is -0.345 e. The topological polar surface area (TPSA) is 71.4 Å². The van der Waals surface area contributed by atoms with Crippen LogP contribution in [0.2, 0.25) is 0 Å². The van der Waals surface area contributed by atoms with Crippen LogP contribution in [0.3, 0.4) is 0 Å². The van der Waals surface area contributed by atoms with E-state index in [0.717, 1.165) is 27.4 Å². The summed E-state index contributed by atoms with van der Waals surface area (Å²) in [5.41, 5.74) is 2.71. The van der Waals surface area contributed by atoms with Crippen molar-refractivity contribution in [3.63, 3.8) is 0 Å². The molecule has 1 unspecified atom stereocenters. The standard InChI is InChI=1S/C22H25N3O3/c1-6-11-24-15(3)12-17(16(24)4)19(26)13-25-20(27)22(5,23-21(25)28)18-10-8-7-9-14(18)2/h6-10,12H,1,11,13H2,2-5H3,(H,23,28). The maximum absolute atomic E-state index is 13.1. The Labute approximate surface area is 164 Å². The molecule has 0 bridgehead atoms. The fourth-order valence-electron chi connectivity index (χ4n) is 3.88. The van der Waals surface area contributed by atoms with Crippen molar-refractivity contribution in [2.45, 2.75) is 39.8 Å². The molecular formula is C22H25N3O3. The van der Waals surface area contributed by atoms with Crippen LogP contribution in [0.5, 0.6) is 0 Å². The second-order valence-corrected chi connectivity index (χ2v) is 7.37. The molecule has 1 N–H and O–H groups in total. The van der Waals surface area contributed by atoms with Crippen LogP contribution in [-0.4, -0.2) is 33.7 Å². The molecule has 0 saturated carbocycles. The molecule has 1 aliphatic heterocycles. The average molecular weight is 379 g/mol. The quantitative estimate of drug-likeness (QED) is 0.476. The van der Waals surface area contributed by atoms with Crippen LogP contribution >= 0.6 is 0 Å². The first kappa shape index (κ1) is 19.6. The van der Waals surface area contributed by atoms with Gasteiger partial charge in [0.25, 0.3) is 5.91 Å². The molecule has 3 rings (SSSR count). The highest BCUT2D eigenvalue weighted by atomic mass is 16.2. The van der Waals surface area contributed by atoms with Crippen LogP contribution < -0.4 is 5.32 Å². The summed E-state index contributed by atoms with van der Waals surface area (Å²) in [5, 5.41) is 2.76. The van der Waals surface area contributed by atoms with Gasteiger partial charge in [-0.2, -0.15) is 0 Å². The number of allylic oxidation sites excluding steroid dienone is 1. The van der Waals surface area contributed by atoms with Gasteiger partial charge in [-0.15, -0.1) is 6.58 Å². The van der Waals surface area contributed by atoms with Gasteiger partial charge >= 0.3 is 6.03 Å². The summed E-state index contributed by atoms with van der Waals surface area (Å²) in [4.78, 5) is 39.5. The zero-order valence-corrected chi connectivity index (χ0v) is 16.7. The second-order valence-electron chi connectivity index (χ2n) is 7.37. The molecular weight excluding hydrogens is 354 g/mol. The van der Waals surface area contributed by atoms with E-state index in [-0.39, 0.29) is 12.3 Å². The van der Waals surface area contributed by atoms with E-state index in [9.17, 15) is 14.4 Å². The SMILES string of the molecule is C=CCn1c(C)cc(C(=O)CN2C(=O)NC(C)(c3ccccc3C)C2=O)c1C. The zero-order valence-electron chi connectivity index (χ0n) is 16.7. The summed E-state index contributed by atoms with van der Waals surface area (Å²) >= 11 is 0. The zero-order chi connectivity index (χ0) is 20.6. The lowest BCUT2D eigenvalue weighted by molar-refractivity contribution is -0.130. The molecule has 1 aliphatic rings. The smallest absolute Gasteiger partial charge is 0.325 e. The normalized spacial score (nSPS) is 19.1. The van der Waals surface area contributed by atoms with Crippen molar-refractivity contribution in [1.29, 1.82) is 0 Å². The summed E-state index contributed by atoms with van der Waals surface area (Å²) in [6.45, 7) is 11.4. The van der Waals surface area contributed by atoms with Crippen LogP contribution in [0.4, 0.5) is 4.79 Å². The molecule has 1 fully saturated rings. The van der Waals surface area contributed by atoms with E-state index in [1.807, 2.05) is 49.6 Å². The molecule has 3 amide bonds. The molecule has 6 nitrogen and oxygen atoms in total. The number of carbonyl (C=O) groups excluding carboxylic acids is 3. The molecule has 1 aromatic heterocycles. The van der Waals surface area contributed by atoms with Crippen LogP contribution in [0.25, 0.3) is 0 Å². The number of Topliss-reactive ketones (excluding diaryl/α,β-unsaturated/α-hetero) is 1. The number of aromatic nitrogens is 1. The third-order valence-corrected chi connectivity index (χ3v) is 5.45. The number of nitrogens with one attached hydrogen (secondary N) is 1. The molecule has 28 heavy (non-hydrogen) atoms. The fraction of sp³-hybridized carbons (Fsp3) is 0.318. The lowest BCUT2D eigenvalue weighted by Crippen LogP contribution is -2.42. The van der Waals surface area contributed by atoms with Gasteiger partial charge in [0.05, 0.1) is 6.54 Å². The number of urea groups is 1. The second kappa shape index (κ2) is 7.11. The monoisotopic (exact) mass is 379 g/mol. The first-order valence-corrected chi connectivity index (χ1v) is 9.21. The Hall–Kier alpha value is -3.15. The molecule has 0 aliphatic carbocycles. The number of hydrogen-bond donors (Lipinski definition) is 1. The van der Waals surface area contributed by atoms with Crippen molar-refractivity contribution in [3.8, 4) is 0 Å². The lowest BCUT2D eigenvalue weighted by atomic mass is 9.88. The highest BCUT2D eigenvalue weighted by Crippen LogP contribution is 2.31. The molecule has 1 aromatic carbocycles. The number of benzene rings is 1. The number of aryl methyl sites for hydroxylation is 2. The predicted octanol–water partition coefficient (Wildman–Crippen LogP) is 3.25. The van der Waals surface area contributed by atoms with E-state index in [2.05, 4.69) is 11.9 Å². The van der Waals surface area contributed by atoms with Gasteiger partial charge in [0.1, 0.15) is 5.54 Å². The number of ketones is 1. The number of rotatable bonds is 6. The lowest BCUT2D eigenvalue weighted by Gasteiger charge is -2.24. The highest BCUT2D eigenvalue weighted by Gasteiger charge is 2.50. The summed E-state index contributed by atoms with van der Waals surface area (Å²) in [5.74, 6) is -0.680. The van der Waals surface area contributed by atoms with Gasteiger partial charge in [-0.05, 0) is 44.9 Å². The van der Waals surface area contributed by atoms with E-state index in [1.165, 1.54) is 0 Å². The van der Waals surface area contributed by atoms with E-state index < -0.39 is 17.5 Å². The minimum atomic E-state index is -1.18. The Bertz CT molecular complexity index is 989. The Balaban J connectivity index is 1.88. The number of nitrogens with zero attached hydrogens (tertiary/aromatic N) is 2. The molecule has 0 spiro atoms. The summed E-state index contributed by atoms with van der Waals surface area (Å²) in [6, 6.07) is 8.66. The first-order chi connectivity index (χ1) is 13.2.